The van der Waals surface area contributed by atoms with Crippen LogP contribution < -0.4 is 26.6 Å². The molecule has 12 atom stereocenters. The highest BCUT2D eigenvalue weighted by Gasteiger charge is 2.43. The first-order chi connectivity index (χ1) is 43.2. The van der Waals surface area contributed by atoms with Crippen molar-refractivity contribution in [3.05, 3.63) is 71.8 Å². The number of nitrogens with one attached hydrogen (secondary N) is 5. The predicted molar refractivity (Wildman–Crippen MR) is 348 cm³/mol. The lowest BCUT2D eigenvalue weighted by atomic mass is 9.94. The molecule has 2 heterocycles. The van der Waals surface area contributed by atoms with Crippen LogP contribution in [0.4, 0.5) is 0 Å². The zero-order valence-corrected chi connectivity index (χ0v) is 57.2. The van der Waals surface area contributed by atoms with E-state index in [1.54, 1.807) is 86.3 Å². The van der Waals surface area contributed by atoms with Crippen molar-refractivity contribution in [2.24, 2.45) is 23.7 Å². The Labute approximate surface area is 544 Å². The van der Waals surface area contributed by atoms with Gasteiger partial charge in [0.25, 0.3) is 0 Å². The van der Waals surface area contributed by atoms with Crippen molar-refractivity contribution in [1.82, 2.24) is 56.0 Å². The molecule has 0 unspecified atom stereocenters. The van der Waals surface area contributed by atoms with Crippen molar-refractivity contribution in [3.8, 4) is 0 Å². The number of carbonyl (C=O) groups is 12. The summed E-state index contributed by atoms with van der Waals surface area (Å²) in [5, 5.41) is 25.1. The molecule has 0 bridgehead atoms. The molecule has 510 valence electrons. The number of piperidine rings is 1. The summed E-state index contributed by atoms with van der Waals surface area (Å²) in [6.45, 7) is 19.3. The molecule has 2 aliphatic rings. The van der Waals surface area contributed by atoms with Gasteiger partial charge in [-0.1, -0.05) is 122 Å². The lowest BCUT2D eigenvalue weighted by molar-refractivity contribution is -0.150. The topological polar surface area (TPSA) is 305 Å². The largest absolute Gasteiger partial charge is 0.391 e. The van der Waals surface area contributed by atoms with Crippen LogP contribution in [0.3, 0.4) is 0 Å². The first kappa shape index (κ1) is 76.7. The van der Waals surface area contributed by atoms with Crippen LogP contribution in [0.25, 0.3) is 0 Å². The van der Waals surface area contributed by atoms with Crippen LogP contribution >= 0.6 is 0 Å². The Morgan fingerprint density at radius 2 is 1.03 bits per heavy atom. The molecule has 4 rings (SSSR count). The van der Waals surface area contributed by atoms with E-state index in [9.17, 15) is 57.8 Å². The number of amides is 11. The van der Waals surface area contributed by atoms with Crippen LogP contribution in [0.15, 0.2) is 60.7 Å². The number of carbonyl (C=O) groups excluding carboxylic acids is 12. The number of rotatable bonds is 13. The van der Waals surface area contributed by atoms with Gasteiger partial charge in [-0.15, -0.1) is 0 Å². The number of likely N-dealkylation sites (N-methyl/N-ethyl adjacent to an activating group) is 5. The summed E-state index contributed by atoms with van der Waals surface area (Å²) in [5.74, 6) is -9.90. The van der Waals surface area contributed by atoms with Gasteiger partial charge in [0.2, 0.25) is 65.0 Å². The van der Waals surface area contributed by atoms with E-state index >= 15 is 4.79 Å². The van der Waals surface area contributed by atoms with Crippen molar-refractivity contribution in [2.45, 2.75) is 213 Å². The molecule has 92 heavy (non-hydrogen) atoms. The summed E-state index contributed by atoms with van der Waals surface area (Å²) < 4.78 is 0. The highest BCUT2D eigenvalue weighted by molar-refractivity contribution is 6.00. The number of Topliss-reactive ketones (excluding diaryl/α,β-unsaturated/α-hetero) is 1. The molecule has 0 radical (unpaired) electrons. The smallest absolute Gasteiger partial charge is 0.248 e. The van der Waals surface area contributed by atoms with Crippen molar-refractivity contribution < 1.29 is 62.6 Å². The van der Waals surface area contributed by atoms with Gasteiger partial charge in [0.15, 0.2) is 5.78 Å². The molecular formula is C68H105N11O13. The summed E-state index contributed by atoms with van der Waals surface area (Å²) in [6, 6.07) is 4.31. The Kier molecular flexibility index (Phi) is 29.9. The standard InChI is InChI=1S/C68H105N11O13/c1-17-43(8)59-63(87)70-45(10)64(88)75(13)52(38-48-29-23-19-24-30-48)61(85)73-57(46(11)80)68(92)76(14)51(35-40(2)3)60(84)71-49(37-47-27-21-18-22-28-47)65(89)77(15)58(42(6)7)62(86)72-50(66(90)79-33-25-20-26-34-79)39-55(82)69-44(9)54(81)31-32-56(83)74(12)53(36-41(4)5)67(91)78(59)16/h18-19,21-24,27-30,40-46,49-53,57-59,80H,17,20,25-26,31-39H2,1-16H3,(H,69,82)(H,70,87)(H,71,84)(H,72,86)(H,73,85)/t43-,44-,45-,46+,49-,50-,51-,52-,53-,57-,58-,59-/m0/s1. The normalized spacial score (nSPS) is 26.3. The minimum Gasteiger partial charge on any atom is -0.391 e. The molecule has 0 saturated carbocycles. The summed E-state index contributed by atoms with van der Waals surface area (Å²) in [4.78, 5) is 182. The Morgan fingerprint density at radius 1 is 0.522 bits per heavy atom. The van der Waals surface area contributed by atoms with Gasteiger partial charge in [-0.05, 0) is 87.7 Å². The van der Waals surface area contributed by atoms with Gasteiger partial charge in [0.05, 0.1) is 18.6 Å². The lowest BCUT2D eigenvalue weighted by Gasteiger charge is -2.38. The summed E-state index contributed by atoms with van der Waals surface area (Å²) >= 11 is 0. The van der Waals surface area contributed by atoms with Crippen molar-refractivity contribution >= 4 is 70.8 Å². The second-order valence-corrected chi connectivity index (χ2v) is 26.4. The van der Waals surface area contributed by atoms with E-state index in [0.29, 0.717) is 43.5 Å². The molecule has 0 aliphatic carbocycles. The maximum absolute atomic E-state index is 15.1. The maximum atomic E-state index is 15.1. The SMILES string of the molecule is CC[C@H](C)[C@H]1C(=O)N[C@@H](C)C(=O)N(C)[C@@H](Cc2ccccc2)C(=O)N[C@@H]([C@@H](C)O)C(=O)N(C)[C@@H](CC(C)C)C(=O)N[C@@H](Cc2ccccc2)C(=O)N(C)[C@@H](C(C)C)C(=O)N[C@H](C(=O)N2CCCCC2)CC(=O)N[C@@H](C)C(=O)CCC(=O)N(C)[C@@H](CC(C)C)C(=O)N1C. The second-order valence-electron chi connectivity index (χ2n) is 26.4. The number of aliphatic hydroxyl groups excluding tert-OH is 1. The number of likely N-dealkylation sites (tertiary alicyclic amines) is 1. The lowest BCUT2D eigenvalue weighted by Crippen LogP contribution is -2.63. The van der Waals surface area contributed by atoms with E-state index in [1.807, 2.05) is 34.6 Å². The molecule has 2 saturated heterocycles. The number of ketones is 1. The summed E-state index contributed by atoms with van der Waals surface area (Å²) in [6.07, 6.45) is -0.183. The van der Waals surface area contributed by atoms with E-state index in [-0.39, 0.29) is 50.4 Å². The van der Waals surface area contributed by atoms with Crippen molar-refractivity contribution in [3.63, 3.8) is 0 Å². The number of hydrogen-bond donors (Lipinski definition) is 6. The maximum Gasteiger partial charge on any atom is 0.248 e. The molecule has 2 aromatic carbocycles. The van der Waals surface area contributed by atoms with Crippen LogP contribution in [0, 0.1) is 23.7 Å². The third-order valence-corrected chi connectivity index (χ3v) is 17.7. The van der Waals surface area contributed by atoms with E-state index in [1.165, 1.54) is 70.7 Å². The quantitative estimate of drug-likeness (QED) is 0.168. The Hall–Kier alpha value is -7.76. The van der Waals surface area contributed by atoms with Crippen LogP contribution in [0.1, 0.15) is 145 Å². The van der Waals surface area contributed by atoms with Gasteiger partial charge < -0.3 is 61.1 Å². The third-order valence-electron chi connectivity index (χ3n) is 17.7. The van der Waals surface area contributed by atoms with Crippen molar-refractivity contribution in [1.29, 1.82) is 0 Å². The molecule has 0 spiro atoms. The molecule has 0 aromatic heterocycles. The van der Waals surface area contributed by atoms with E-state index < -0.39 is 156 Å². The molecular weight excluding hydrogens is 1180 g/mol. The average molecular weight is 1280 g/mol. The van der Waals surface area contributed by atoms with E-state index in [4.69, 9.17) is 0 Å². The Morgan fingerprint density at radius 3 is 1.57 bits per heavy atom. The van der Waals surface area contributed by atoms with Gasteiger partial charge in [0.1, 0.15) is 54.4 Å². The van der Waals surface area contributed by atoms with Gasteiger partial charge in [0, 0.05) is 74.0 Å². The Balaban J connectivity index is 1.89. The first-order valence-corrected chi connectivity index (χ1v) is 32.6. The average Bonchev–Trinajstić information content (AvgIpc) is 0.854. The molecule has 2 aliphatic heterocycles. The van der Waals surface area contributed by atoms with Crippen molar-refractivity contribution in [2.75, 3.05) is 48.3 Å². The van der Waals surface area contributed by atoms with Crippen LogP contribution in [-0.2, 0) is 70.4 Å². The molecule has 24 nitrogen and oxygen atoms in total. The molecule has 2 fully saturated rings. The summed E-state index contributed by atoms with van der Waals surface area (Å²) in [7, 11) is 6.99. The van der Waals surface area contributed by atoms with E-state index in [2.05, 4.69) is 26.6 Å². The van der Waals surface area contributed by atoms with E-state index in [0.717, 1.165) is 16.2 Å². The third kappa shape index (κ3) is 21.4. The van der Waals surface area contributed by atoms with Gasteiger partial charge in [-0.3, -0.25) is 57.5 Å². The fourth-order valence-corrected chi connectivity index (χ4v) is 12.0. The number of hydrogen-bond acceptors (Lipinski definition) is 13. The zero-order chi connectivity index (χ0) is 69.0. The molecule has 2 aromatic rings. The molecule has 6 N–H and O–H groups in total. The number of nitrogens with zero attached hydrogens (tertiary/aromatic N) is 6. The minimum atomic E-state index is -1.70. The zero-order valence-electron chi connectivity index (χ0n) is 57.2. The monoisotopic (exact) mass is 1280 g/mol. The highest BCUT2D eigenvalue weighted by Crippen LogP contribution is 2.23. The van der Waals surface area contributed by atoms with Gasteiger partial charge >= 0.3 is 0 Å². The first-order valence-electron chi connectivity index (χ1n) is 32.6. The Bertz CT molecular complexity index is 2870. The number of benzene rings is 2. The van der Waals surface area contributed by atoms with Crippen LogP contribution in [0.2, 0.25) is 0 Å². The fourth-order valence-electron chi connectivity index (χ4n) is 12.0. The van der Waals surface area contributed by atoms with Crippen LogP contribution in [0.5, 0.6) is 0 Å². The second kappa shape index (κ2) is 35.9. The number of aliphatic hydroxyl groups is 1. The van der Waals surface area contributed by atoms with Gasteiger partial charge in [-0.2, -0.15) is 0 Å². The molecule has 11 amide bonds. The molecule has 24 heteroatoms. The predicted octanol–water partition coefficient (Wildman–Crippen LogP) is 3.01. The highest BCUT2D eigenvalue weighted by atomic mass is 16.3. The van der Waals surface area contributed by atoms with Gasteiger partial charge in [-0.25, -0.2) is 0 Å². The minimum absolute atomic E-state index is 0.0369. The summed E-state index contributed by atoms with van der Waals surface area (Å²) in [5.41, 5.74) is 1.25. The fraction of sp³-hybridized carbons (Fsp3) is 0.647. The van der Waals surface area contributed by atoms with Crippen LogP contribution in [-0.4, -0.2) is 220 Å².